The summed E-state index contributed by atoms with van der Waals surface area (Å²) in [7, 11) is 0. The van der Waals surface area contributed by atoms with Crippen LogP contribution in [0.3, 0.4) is 0 Å². The molecule has 1 fully saturated rings. The molecule has 0 atom stereocenters. The summed E-state index contributed by atoms with van der Waals surface area (Å²) in [6.45, 7) is 21.6. The van der Waals surface area contributed by atoms with Crippen LogP contribution in [0, 0.1) is 5.41 Å². The molecule has 244 valence electrons. The minimum atomic E-state index is -2.84. The summed E-state index contributed by atoms with van der Waals surface area (Å²) in [4.78, 5) is 0. The second kappa shape index (κ2) is 12.6. The Morgan fingerprint density at radius 2 is 0.957 bits per heavy atom. The van der Waals surface area contributed by atoms with Crippen LogP contribution in [-0.2, 0) is 31.1 Å². The van der Waals surface area contributed by atoms with Gasteiger partial charge in [0.1, 0.15) is 0 Å². The van der Waals surface area contributed by atoms with Crippen LogP contribution in [0.1, 0.15) is 94.6 Å². The molecule has 0 unspecified atom stereocenters. The SMILES string of the molecule is CC(C)(C)C1=[C]([Zr+2]2([CH]3c4cc(-c5ccccc5)c(C(C)(C)C)cc4-c4cc(C(C)(C)C)c(-c5ccccc5)cc43)[CH2][CH2]2)CC=C1.[Cl-].[Cl-]. The number of hydrogen-bond acceptors (Lipinski definition) is 0. The van der Waals surface area contributed by atoms with Crippen molar-refractivity contribution in [1.29, 1.82) is 0 Å². The zero-order valence-electron chi connectivity index (χ0n) is 29.7. The Labute approximate surface area is 301 Å². The largest absolute Gasteiger partial charge is 1.00 e. The van der Waals surface area contributed by atoms with Gasteiger partial charge in [-0.1, -0.05) is 0 Å². The molecule has 1 saturated heterocycles. The van der Waals surface area contributed by atoms with Crippen molar-refractivity contribution in [1.82, 2.24) is 0 Å². The molecule has 3 aliphatic rings. The molecule has 4 aromatic carbocycles. The van der Waals surface area contributed by atoms with E-state index in [0.29, 0.717) is 3.63 Å². The number of benzene rings is 4. The molecule has 2 aliphatic carbocycles. The third-order valence-corrected chi connectivity index (χ3v) is 23.0. The number of halogens is 2. The summed E-state index contributed by atoms with van der Waals surface area (Å²) in [5.41, 5.74) is 16.7. The summed E-state index contributed by atoms with van der Waals surface area (Å²) in [5.74, 6) is 0. The summed E-state index contributed by atoms with van der Waals surface area (Å²) in [5, 5.41) is 0. The van der Waals surface area contributed by atoms with Gasteiger partial charge in [-0.05, 0) is 0 Å². The van der Waals surface area contributed by atoms with Crippen LogP contribution in [-0.4, -0.2) is 0 Å². The van der Waals surface area contributed by atoms with Gasteiger partial charge in [0.15, 0.2) is 0 Å². The fourth-order valence-electron chi connectivity index (χ4n) is 8.47. The van der Waals surface area contributed by atoms with E-state index < -0.39 is 20.3 Å². The number of fused-ring (bicyclic) bond motifs is 3. The Hall–Kier alpha value is -2.18. The molecule has 7 rings (SSSR count). The van der Waals surface area contributed by atoms with Crippen molar-refractivity contribution in [3.8, 4) is 33.4 Å². The van der Waals surface area contributed by atoms with Crippen LogP contribution in [0.2, 0.25) is 8.26 Å². The van der Waals surface area contributed by atoms with Gasteiger partial charge >= 0.3 is 279 Å². The van der Waals surface area contributed by atoms with Gasteiger partial charge in [0.05, 0.1) is 0 Å². The normalized spacial score (nSPS) is 16.1. The van der Waals surface area contributed by atoms with E-state index >= 15 is 0 Å². The van der Waals surface area contributed by atoms with Gasteiger partial charge in [0, 0.05) is 0 Å². The molecule has 47 heavy (non-hydrogen) atoms. The van der Waals surface area contributed by atoms with E-state index in [9.17, 15) is 0 Å². The molecule has 1 heterocycles. The second-order valence-electron chi connectivity index (χ2n) is 17.0. The van der Waals surface area contributed by atoms with Crippen molar-refractivity contribution in [2.75, 3.05) is 0 Å². The van der Waals surface area contributed by atoms with E-state index in [0.717, 1.165) is 0 Å². The van der Waals surface area contributed by atoms with E-state index in [-0.39, 0.29) is 41.1 Å². The van der Waals surface area contributed by atoms with Gasteiger partial charge in [-0.15, -0.1) is 0 Å². The van der Waals surface area contributed by atoms with Crippen molar-refractivity contribution in [3.05, 3.63) is 128 Å². The molecular formula is C44H50Cl2Zr. The first-order chi connectivity index (χ1) is 21.2. The van der Waals surface area contributed by atoms with Crippen LogP contribution in [0.25, 0.3) is 33.4 Å². The first-order valence-corrected chi connectivity index (χ1v) is 23.2. The van der Waals surface area contributed by atoms with E-state index in [4.69, 9.17) is 0 Å². The molecule has 4 aromatic rings. The molecule has 0 nitrogen and oxygen atoms in total. The minimum Gasteiger partial charge on any atom is -1.00 e. The fraction of sp³-hybridized carbons (Fsp3) is 0.364. The van der Waals surface area contributed by atoms with Crippen LogP contribution in [0.5, 0.6) is 0 Å². The molecule has 0 N–H and O–H groups in total. The quantitative estimate of drug-likeness (QED) is 0.213. The Morgan fingerprint density at radius 3 is 1.32 bits per heavy atom. The number of hydrogen-bond donors (Lipinski definition) is 0. The van der Waals surface area contributed by atoms with E-state index in [1.807, 2.05) is 3.28 Å². The van der Waals surface area contributed by atoms with Gasteiger partial charge in [0.2, 0.25) is 0 Å². The summed E-state index contributed by atoms with van der Waals surface area (Å²) < 4.78 is 5.41. The average Bonchev–Trinajstić information content (AvgIpc) is 3.47. The van der Waals surface area contributed by atoms with Crippen molar-refractivity contribution in [2.24, 2.45) is 5.41 Å². The van der Waals surface area contributed by atoms with E-state index in [2.05, 4.69) is 159 Å². The molecule has 1 aliphatic heterocycles. The summed E-state index contributed by atoms with van der Waals surface area (Å²) in [6, 6.07) is 33.0. The molecule has 0 aromatic heterocycles. The smallest absolute Gasteiger partial charge is 1.00 e. The van der Waals surface area contributed by atoms with Crippen molar-refractivity contribution in [3.63, 3.8) is 0 Å². The second-order valence-corrected chi connectivity index (χ2v) is 28.1. The van der Waals surface area contributed by atoms with Crippen molar-refractivity contribution < 1.29 is 45.1 Å². The third kappa shape index (κ3) is 6.24. The molecule has 0 saturated carbocycles. The molecular weight excluding hydrogens is 691 g/mol. The molecule has 0 radical (unpaired) electrons. The van der Waals surface area contributed by atoms with Crippen LogP contribution < -0.4 is 24.8 Å². The van der Waals surface area contributed by atoms with Crippen LogP contribution in [0.4, 0.5) is 0 Å². The maximum absolute atomic E-state index is 2.84. The molecule has 0 amide bonds. The Bertz CT molecular complexity index is 1750. The first-order valence-electron chi connectivity index (χ1n) is 17.1. The van der Waals surface area contributed by atoms with Crippen molar-refractivity contribution >= 4 is 0 Å². The number of allylic oxidation sites excluding steroid dienone is 4. The van der Waals surface area contributed by atoms with Gasteiger partial charge < -0.3 is 24.8 Å². The molecule has 0 bridgehead atoms. The Kier molecular flexibility index (Phi) is 9.69. The predicted molar refractivity (Wildman–Crippen MR) is 192 cm³/mol. The van der Waals surface area contributed by atoms with Gasteiger partial charge in [0.25, 0.3) is 0 Å². The maximum atomic E-state index is 2.67. The van der Waals surface area contributed by atoms with Crippen LogP contribution >= 0.6 is 0 Å². The summed E-state index contributed by atoms with van der Waals surface area (Å²) in [6.07, 6.45) is 6.17. The summed E-state index contributed by atoms with van der Waals surface area (Å²) >= 11 is -2.84. The van der Waals surface area contributed by atoms with Gasteiger partial charge in [-0.25, -0.2) is 0 Å². The predicted octanol–water partition coefficient (Wildman–Crippen LogP) is 6.96. The Morgan fingerprint density at radius 1 is 0.532 bits per heavy atom. The zero-order chi connectivity index (χ0) is 31.9. The monoisotopic (exact) mass is 738 g/mol. The fourth-order valence-corrected chi connectivity index (χ4v) is 24.6. The third-order valence-electron chi connectivity index (χ3n) is 10.8. The first kappa shape index (κ1) is 36.1. The average molecular weight is 741 g/mol. The van der Waals surface area contributed by atoms with Gasteiger partial charge in [-0.2, -0.15) is 0 Å². The standard InChI is InChI=1S/C33H33.C9H13.C2H4.2ClH.Zr/c1-32(2,3)30-20-26-24(18-28(30)22-13-9-7-10-14-22)17-25-19-29(23-15-11-8-12-16-23)31(21-27(25)26)33(4,5)6;1-9(2,3)8-6-4-5-7-8;1-2;;;/h7-21H,1-6H3;4,6H,5H2,1-3H3;1-2H2;2*1H;/q;;;;;+2/p-2. The Balaban J connectivity index is 0.00000217. The van der Waals surface area contributed by atoms with Gasteiger partial charge in [-0.3, -0.25) is 0 Å². The van der Waals surface area contributed by atoms with Crippen LogP contribution in [0.15, 0.2) is 106 Å². The molecule has 0 spiro atoms. The van der Waals surface area contributed by atoms with Crippen molar-refractivity contribution in [2.45, 2.75) is 91.4 Å². The maximum Gasteiger partial charge on any atom is -1.00 e. The van der Waals surface area contributed by atoms with E-state index in [1.165, 1.54) is 59.2 Å². The molecule has 3 heteroatoms. The van der Waals surface area contributed by atoms with E-state index in [1.54, 1.807) is 16.7 Å². The zero-order valence-corrected chi connectivity index (χ0v) is 33.7. The minimum absolute atomic E-state index is 0. The topological polar surface area (TPSA) is 0 Å². The number of rotatable bonds is 4.